The molecule has 0 rings (SSSR count). The lowest BCUT2D eigenvalue weighted by Gasteiger charge is -2.00. The zero-order valence-electron chi connectivity index (χ0n) is 6.13. The van der Waals surface area contributed by atoms with Crippen molar-refractivity contribution in [1.82, 2.24) is 0 Å². The Balaban J connectivity index is 3.05. The molecule has 0 radical (unpaired) electrons. The summed E-state index contributed by atoms with van der Waals surface area (Å²) < 4.78 is 4.68. The monoisotopic (exact) mass is 147 g/mol. The highest BCUT2D eigenvalue weighted by Gasteiger charge is 1.98. The first-order valence-electron chi connectivity index (χ1n) is 3.28. The molecule has 0 atom stereocenters. The average molecular weight is 147 g/mol. The van der Waals surface area contributed by atoms with Gasteiger partial charge in [-0.25, -0.2) is 5.90 Å². The fraction of sp³-hybridized carbons (Fsp3) is 0.833. The lowest BCUT2D eigenvalue weighted by atomic mass is 10.3. The molecule has 4 nitrogen and oxygen atoms in total. The van der Waals surface area contributed by atoms with Crippen LogP contribution < -0.4 is 5.90 Å². The molecule has 0 spiro atoms. The topological polar surface area (TPSA) is 61.5 Å². The summed E-state index contributed by atoms with van der Waals surface area (Å²) in [5.41, 5.74) is 0. The molecule has 0 aliphatic heterocycles. The molecule has 0 saturated heterocycles. The fourth-order valence-corrected chi connectivity index (χ4v) is 0.480. The number of hydrogen-bond donors (Lipinski definition) is 1. The quantitative estimate of drug-likeness (QED) is 0.343. The Morgan fingerprint density at radius 1 is 1.50 bits per heavy atom. The number of nitrogens with two attached hydrogens (primary N) is 1. The van der Waals surface area contributed by atoms with Crippen molar-refractivity contribution < 1.29 is 14.4 Å². The Bertz CT molecular complexity index is 95.0. The molecule has 0 heterocycles. The van der Waals surface area contributed by atoms with Gasteiger partial charge in [-0.2, -0.15) is 0 Å². The molecule has 2 N–H and O–H groups in total. The van der Waals surface area contributed by atoms with Gasteiger partial charge < -0.3 is 9.57 Å². The number of carbonyl (C=O) groups is 1. The maximum Gasteiger partial charge on any atom is 0.305 e. The van der Waals surface area contributed by atoms with Gasteiger partial charge in [-0.1, -0.05) is 6.92 Å². The molecule has 0 saturated carbocycles. The van der Waals surface area contributed by atoms with Crippen LogP contribution in [0.2, 0.25) is 0 Å². The van der Waals surface area contributed by atoms with E-state index in [0.29, 0.717) is 6.42 Å². The van der Waals surface area contributed by atoms with Gasteiger partial charge in [0.2, 0.25) is 0 Å². The number of rotatable bonds is 5. The summed E-state index contributed by atoms with van der Waals surface area (Å²) >= 11 is 0. The van der Waals surface area contributed by atoms with Gasteiger partial charge in [0, 0.05) is 6.42 Å². The summed E-state index contributed by atoms with van der Waals surface area (Å²) in [5, 5.41) is 0. The van der Waals surface area contributed by atoms with Gasteiger partial charge >= 0.3 is 5.97 Å². The van der Waals surface area contributed by atoms with Crippen LogP contribution in [-0.2, 0) is 14.4 Å². The molecule has 0 aliphatic rings. The van der Waals surface area contributed by atoms with Crippen molar-refractivity contribution in [2.75, 3.05) is 13.2 Å². The Morgan fingerprint density at radius 2 is 2.20 bits per heavy atom. The van der Waals surface area contributed by atoms with Crippen LogP contribution in [0.4, 0.5) is 0 Å². The lowest BCUT2D eigenvalue weighted by Crippen LogP contribution is -2.12. The van der Waals surface area contributed by atoms with Gasteiger partial charge in [-0.3, -0.25) is 4.79 Å². The van der Waals surface area contributed by atoms with Crippen LogP contribution in [0.25, 0.3) is 0 Å². The third-order valence-electron chi connectivity index (χ3n) is 0.918. The number of esters is 1. The minimum Gasteiger partial charge on any atom is -0.463 e. The lowest BCUT2D eigenvalue weighted by molar-refractivity contribution is -0.145. The van der Waals surface area contributed by atoms with Crippen LogP contribution in [0, 0.1) is 0 Å². The molecule has 0 aromatic carbocycles. The van der Waals surface area contributed by atoms with Crippen molar-refractivity contribution in [2.45, 2.75) is 19.8 Å². The van der Waals surface area contributed by atoms with Crippen LogP contribution in [0.3, 0.4) is 0 Å². The van der Waals surface area contributed by atoms with Crippen molar-refractivity contribution in [3.05, 3.63) is 0 Å². The van der Waals surface area contributed by atoms with Crippen molar-refractivity contribution in [1.29, 1.82) is 0 Å². The summed E-state index contributed by atoms with van der Waals surface area (Å²) in [6.07, 6.45) is 1.27. The minimum atomic E-state index is -0.195. The van der Waals surface area contributed by atoms with E-state index in [1.54, 1.807) is 0 Å². The summed E-state index contributed by atoms with van der Waals surface area (Å²) in [7, 11) is 0. The smallest absolute Gasteiger partial charge is 0.305 e. The van der Waals surface area contributed by atoms with E-state index in [2.05, 4.69) is 9.57 Å². The zero-order valence-corrected chi connectivity index (χ0v) is 6.13. The van der Waals surface area contributed by atoms with Gasteiger partial charge in [0.15, 0.2) is 0 Å². The van der Waals surface area contributed by atoms with Crippen molar-refractivity contribution >= 4 is 5.97 Å². The molecule has 0 amide bonds. The van der Waals surface area contributed by atoms with E-state index in [4.69, 9.17) is 5.90 Å². The molecule has 0 aromatic rings. The molecular weight excluding hydrogens is 134 g/mol. The maximum atomic E-state index is 10.6. The van der Waals surface area contributed by atoms with Crippen LogP contribution in [-0.4, -0.2) is 19.2 Å². The predicted octanol–water partition coefficient (Wildman–Crippen LogP) is 0.220. The Kier molecular flexibility index (Phi) is 6.11. The van der Waals surface area contributed by atoms with Crippen LogP contribution >= 0.6 is 0 Å². The highest BCUT2D eigenvalue weighted by Crippen LogP contribution is 1.89. The van der Waals surface area contributed by atoms with Gasteiger partial charge in [-0.05, 0) is 6.42 Å². The van der Waals surface area contributed by atoms with Gasteiger partial charge in [-0.15, -0.1) is 0 Å². The molecular formula is C6H13NO3. The summed E-state index contributed by atoms with van der Waals surface area (Å²) in [5.74, 6) is 4.50. The first kappa shape index (κ1) is 9.39. The van der Waals surface area contributed by atoms with Crippen LogP contribution in [0.1, 0.15) is 19.8 Å². The first-order valence-corrected chi connectivity index (χ1v) is 3.28. The fourth-order valence-electron chi connectivity index (χ4n) is 0.480. The standard InChI is InChI=1S/C6H13NO3/c1-2-3-6(8)9-4-5-10-7/h2-5,7H2,1H3. The van der Waals surface area contributed by atoms with Gasteiger partial charge in [0.25, 0.3) is 0 Å². The van der Waals surface area contributed by atoms with E-state index in [1.165, 1.54) is 0 Å². The number of ether oxygens (including phenoxy) is 1. The van der Waals surface area contributed by atoms with E-state index >= 15 is 0 Å². The van der Waals surface area contributed by atoms with E-state index in [9.17, 15) is 4.79 Å². The zero-order chi connectivity index (χ0) is 7.82. The summed E-state index contributed by atoms with van der Waals surface area (Å²) in [6.45, 7) is 2.42. The van der Waals surface area contributed by atoms with Gasteiger partial charge in [0.05, 0.1) is 0 Å². The Labute approximate surface area is 60.2 Å². The Hall–Kier alpha value is -0.610. The van der Waals surface area contributed by atoms with Crippen molar-refractivity contribution in [2.24, 2.45) is 5.90 Å². The highest BCUT2D eigenvalue weighted by atomic mass is 16.6. The third-order valence-corrected chi connectivity index (χ3v) is 0.918. The molecule has 60 valence electrons. The number of hydrogen-bond acceptors (Lipinski definition) is 4. The van der Waals surface area contributed by atoms with Gasteiger partial charge in [0.1, 0.15) is 13.2 Å². The summed E-state index contributed by atoms with van der Waals surface area (Å²) in [6, 6.07) is 0. The van der Waals surface area contributed by atoms with E-state index in [1.807, 2.05) is 6.92 Å². The second kappa shape index (κ2) is 6.51. The van der Waals surface area contributed by atoms with E-state index < -0.39 is 0 Å². The van der Waals surface area contributed by atoms with Crippen LogP contribution in [0.15, 0.2) is 0 Å². The van der Waals surface area contributed by atoms with Crippen molar-refractivity contribution in [3.8, 4) is 0 Å². The highest BCUT2D eigenvalue weighted by molar-refractivity contribution is 5.69. The number of carbonyl (C=O) groups excluding carboxylic acids is 1. The minimum absolute atomic E-state index is 0.195. The molecule has 0 unspecified atom stereocenters. The molecule has 0 bridgehead atoms. The SMILES string of the molecule is CCCC(=O)OCCON. The van der Waals surface area contributed by atoms with E-state index in [-0.39, 0.29) is 19.2 Å². The first-order chi connectivity index (χ1) is 4.81. The molecule has 0 aromatic heterocycles. The largest absolute Gasteiger partial charge is 0.463 e. The second-order valence-corrected chi connectivity index (χ2v) is 1.84. The summed E-state index contributed by atoms with van der Waals surface area (Å²) in [4.78, 5) is 14.8. The Morgan fingerprint density at radius 3 is 2.70 bits per heavy atom. The third kappa shape index (κ3) is 5.53. The van der Waals surface area contributed by atoms with E-state index in [0.717, 1.165) is 6.42 Å². The predicted molar refractivity (Wildman–Crippen MR) is 36.0 cm³/mol. The average Bonchev–Trinajstić information content (AvgIpc) is 1.89. The molecule has 4 heteroatoms. The molecule has 0 aliphatic carbocycles. The molecule has 10 heavy (non-hydrogen) atoms. The molecule has 0 fully saturated rings. The van der Waals surface area contributed by atoms with Crippen LogP contribution in [0.5, 0.6) is 0 Å². The second-order valence-electron chi connectivity index (χ2n) is 1.84. The normalized spacial score (nSPS) is 9.40. The van der Waals surface area contributed by atoms with Crippen molar-refractivity contribution in [3.63, 3.8) is 0 Å². The maximum absolute atomic E-state index is 10.6.